The van der Waals surface area contributed by atoms with Gasteiger partial charge in [0.15, 0.2) is 0 Å². The van der Waals surface area contributed by atoms with Gasteiger partial charge >= 0.3 is 0 Å². The van der Waals surface area contributed by atoms with Crippen molar-refractivity contribution in [2.45, 2.75) is 33.6 Å². The van der Waals surface area contributed by atoms with E-state index in [4.69, 9.17) is 26.2 Å². The van der Waals surface area contributed by atoms with Crippen LogP contribution in [0.2, 0.25) is 5.02 Å². The predicted molar refractivity (Wildman–Crippen MR) is 148 cm³/mol. The summed E-state index contributed by atoms with van der Waals surface area (Å²) in [5, 5.41) is 8.10. The number of benzene rings is 2. The van der Waals surface area contributed by atoms with Gasteiger partial charge in [-0.2, -0.15) is 0 Å². The molecule has 0 aliphatic rings. The lowest BCUT2D eigenvalue weighted by atomic mass is 10.2. The smallest absolute Gasteiger partial charge is 0.300 e. The van der Waals surface area contributed by atoms with Crippen LogP contribution < -0.4 is 15.2 Å². The van der Waals surface area contributed by atoms with Crippen molar-refractivity contribution in [3.05, 3.63) is 70.2 Å². The van der Waals surface area contributed by atoms with Crippen LogP contribution >= 0.6 is 22.9 Å². The molecular formula is C27H30ClN3O4S. The van der Waals surface area contributed by atoms with E-state index in [9.17, 15) is 4.79 Å². The summed E-state index contributed by atoms with van der Waals surface area (Å²) in [6.07, 6.45) is 3.84. The number of nitrogens with zero attached hydrogens (tertiary/aromatic N) is 3. The van der Waals surface area contributed by atoms with Gasteiger partial charge in [0.2, 0.25) is 0 Å². The Morgan fingerprint density at radius 3 is 2.47 bits per heavy atom. The van der Waals surface area contributed by atoms with Crippen LogP contribution in [-0.4, -0.2) is 40.8 Å². The van der Waals surface area contributed by atoms with Gasteiger partial charge < -0.3 is 14.7 Å². The molecule has 0 atom stereocenters. The van der Waals surface area contributed by atoms with Crippen molar-refractivity contribution in [2.24, 2.45) is 0 Å². The largest absolute Gasteiger partial charge is 0.495 e. The molecule has 2 aromatic heterocycles. The van der Waals surface area contributed by atoms with Crippen LogP contribution in [0, 0.1) is 0 Å². The SMILES string of the molecule is CC(=O)O.CCCCN(CC)c1ccc(-n2cnc3cc(-c4ccc(Cl)cc4)sc3c2=O)cc1OC. The van der Waals surface area contributed by atoms with E-state index in [-0.39, 0.29) is 5.56 Å². The molecule has 4 rings (SSSR count). The van der Waals surface area contributed by atoms with Gasteiger partial charge in [0, 0.05) is 36.0 Å². The van der Waals surface area contributed by atoms with E-state index < -0.39 is 5.97 Å². The second-order valence-electron chi connectivity index (χ2n) is 8.06. The summed E-state index contributed by atoms with van der Waals surface area (Å²) in [6.45, 7) is 7.28. The van der Waals surface area contributed by atoms with Gasteiger partial charge in [0.05, 0.1) is 24.0 Å². The quantitative estimate of drug-likeness (QED) is 0.282. The molecule has 190 valence electrons. The van der Waals surface area contributed by atoms with Gasteiger partial charge in [-0.15, -0.1) is 11.3 Å². The fraction of sp³-hybridized carbons (Fsp3) is 0.296. The van der Waals surface area contributed by atoms with Crippen molar-refractivity contribution in [1.82, 2.24) is 9.55 Å². The highest BCUT2D eigenvalue weighted by atomic mass is 35.5. The van der Waals surface area contributed by atoms with E-state index in [0.29, 0.717) is 15.2 Å². The number of hydrogen-bond donors (Lipinski definition) is 1. The Hall–Kier alpha value is -3.36. The molecule has 0 unspecified atom stereocenters. The number of carboxylic acids is 1. The minimum Gasteiger partial charge on any atom is -0.495 e. The van der Waals surface area contributed by atoms with Gasteiger partial charge in [-0.25, -0.2) is 4.98 Å². The first-order valence-electron chi connectivity index (χ1n) is 11.7. The summed E-state index contributed by atoms with van der Waals surface area (Å²) >= 11 is 7.45. The van der Waals surface area contributed by atoms with Crippen LogP contribution in [0.5, 0.6) is 5.75 Å². The van der Waals surface area contributed by atoms with E-state index in [0.717, 1.165) is 60.4 Å². The zero-order valence-electron chi connectivity index (χ0n) is 20.8. The van der Waals surface area contributed by atoms with Crippen LogP contribution in [0.4, 0.5) is 5.69 Å². The standard InChI is InChI=1S/C25H26ClN3O2S.C2H4O2/c1-4-6-13-28(5-2)21-12-11-19(14-22(21)31-3)29-16-27-20-15-23(32-24(20)25(29)30)17-7-9-18(26)10-8-17;1-2(3)4/h7-12,14-16H,4-6,13H2,1-3H3;1H3,(H,3,4). The van der Waals surface area contributed by atoms with Crippen molar-refractivity contribution < 1.29 is 14.6 Å². The lowest BCUT2D eigenvalue weighted by Gasteiger charge is -2.25. The van der Waals surface area contributed by atoms with E-state index in [1.165, 1.54) is 11.3 Å². The fourth-order valence-corrected chi connectivity index (χ4v) is 4.90. The third kappa shape index (κ3) is 6.44. The number of halogens is 1. The first-order chi connectivity index (χ1) is 17.3. The first kappa shape index (κ1) is 27.2. The third-order valence-corrected chi connectivity index (χ3v) is 6.93. The summed E-state index contributed by atoms with van der Waals surface area (Å²) in [5.74, 6) is -0.0829. The number of anilines is 1. The van der Waals surface area contributed by atoms with Gasteiger partial charge in [-0.05, 0) is 49.2 Å². The second kappa shape index (κ2) is 12.6. The zero-order chi connectivity index (χ0) is 26.2. The molecule has 0 fully saturated rings. The number of carbonyl (C=O) groups is 1. The maximum Gasteiger partial charge on any atom is 0.300 e. The Labute approximate surface area is 219 Å². The number of aliphatic carboxylic acids is 1. The molecule has 0 bridgehead atoms. The molecule has 7 nitrogen and oxygen atoms in total. The van der Waals surface area contributed by atoms with Gasteiger partial charge in [0.25, 0.3) is 11.5 Å². The Morgan fingerprint density at radius 2 is 1.86 bits per heavy atom. The number of carboxylic acid groups (broad SMARTS) is 1. The number of ether oxygens (including phenoxy) is 1. The molecule has 4 aromatic rings. The number of rotatable bonds is 8. The molecule has 0 saturated heterocycles. The average Bonchev–Trinajstić information content (AvgIpc) is 3.30. The van der Waals surface area contributed by atoms with Crippen LogP contribution in [0.3, 0.4) is 0 Å². The maximum absolute atomic E-state index is 13.3. The summed E-state index contributed by atoms with van der Waals surface area (Å²) in [6, 6.07) is 15.4. The lowest BCUT2D eigenvalue weighted by molar-refractivity contribution is -0.134. The molecule has 2 heterocycles. The van der Waals surface area contributed by atoms with Gasteiger partial charge in [-0.1, -0.05) is 37.1 Å². The van der Waals surface area contributed by atoms with E-state index in [1.807, 2.05) is 48.5 Å². The van der Waals surface area contributed by atoms with Crippen LogP contribution in [0.15, 0.2) is 59.7 Å². The van der Waals surface area contributed by atoms with Gasteiger partial charge in [0.1, 0.15) is 16.8 Å². The number of hydrogen-bond acceptors (Lipinski definition) is 6. The van der Waals surface area contributed by atoms with E-state index in [1.54, 1.807) is 18.0 Å². The van der Waals surface area contributed by atoms with Crippen molar-refractivity contribution in [3.8, 4) is 21.9 Å². The lowest BCUT2D eigenvalue weighted by Crippen LogP contribution is -2.24. The van der Waals surface area contributed by atoms with Crippen molar-refractivity contribution in [3.63, 3.8) is 0 Å². The number of fused-ring (bicyclic) bond motifs is 1. The molecule has 0 radical (unpaired) electrons. The second-order valence-corrected chi connectivity index (χ2v) is 9.55. The van der Waals surface area contributed by atoms with Crippen molar-refractivity contribution in [1.29, 1.82) is 0 Å². The number of unbranched alkanes of at least 4 members (excludes halogenated alkanes) is 1. The highest BCUT2D eigenvalue weighted by Crippen LogP contribution is 2.33. The monoisotopic (exact) mass is 527 g/mol. The average molecular weight is 528 g/mol. The fourth-order valence-electron chi connectivity index (χ4n) is 3.73. The zero-order valence-corrected chi connectivity index (χ0v) is 22.4. The summed E-state index contributed by atoms with van der Waals surface area (Å²) in [5.41, 5.74) is 3.39. The first-order valence-corrected chi connectivity index (χ1v) is 12.9. The normalized spacial score (nSPS) is 10.6. The van der Waals surface area contributed by atoms with E-state index in [2.05, 4.69) is 23.7 Å². The highest BCUT2D eigenvalue weighted by molar-refractivity contribution is 7.22. The number of aromatic nitrogens is 2. The minimum absolute atomic E-state index is 0.0895. The topological polar surface area (TPSA) is 84.7 Å². The van der Waals surface area contributed by atoms with Gasteiger partial charge in [-0.3, -0.25) is 14.2 Å². The van der Waals surface area contributed by atoms with Crippen molar-refractivity contribution >= 4 is 44.8 Å². The van der Waals surface area contributed by atoms with Crippen LogP contribution in [-0.2, 0) is 4.79 Å². The molecule has 0 saturated carbocycles. The Morgan fingerprint density at radius 1 is 1.17 bits per heavy atom. The Balaban J connectivity index is 0.000000840. The molecule has 0 aliphatic heterocycles. The molecular weight excluding hydrogens is 498 g/mol. The highest BCUT2D eigenvalue weighted by Gasteiger charge is 2.15. The van der Waals surface area contributed by atoms with Crippen LogP contribution in [0.25, 0.3) is 26.3 Å². The molecule has 0 spiro atoms. The molecule has 0 amide bonds. The minimum atomic E-state index is -0.833. The molecule has 9 heteroatoms. The summed E-state index contributed by atoms with van der Waals surface area (Å²) in [4.78, 5) is 30.1. The van der Waals surface area contributed by atoms with Crippen LogP contribution in [0.1, 0.15) is 33.6 Å². The molecule has 36 heavy (non-hydrogen) atoms. The summed E-state index contributed by atoms with van der Waals surface area (Å²) < 4.78 is 7.89. The molecule has 0 aliphatic carbocycles. The van der Waals surface area contributed by atoms with E-state index >= 15 is 0 Å². The van der Waals surface area contributed by atoms with Crippen molar-refractivity contribution in [2.75, 3.05) is 25.1 Å². The molecule has 1 N–H and O–H groups in total. The summed E-state index contributed by atoms with van der Waals surface area (Å²) in [7, 11) is 1.66. The number of thiophene rings is 1. The third-order valence-electron chi connectivity index (χ3n) is 5.51. The Bertz CT molecular complexity index is 1380. The maximum atomic E-state index is 13.3. The Kier molecular flexibility index (Phi) is 9.50. The molecule has 2 aromatic carbocycles. The predicted octanol–water partition coefficient (Wildman–Crippen LogP) is 6.49. The number of methoxy groups -OCH3 is 1.